The lowest BCUT2D eigenvalue weighted by Crippen LogP contribution is -2.28. The fourth-order valence-electron chi connectivity index (χ4n) is 2.50. The van der Waals surface area contributed by atoms with Gasteiger partial charge in [0.15, 0.2) is 0 Å². The number of rotatable bonds is 5. The van der Waals surface area contributed by atoms with Gasteiger partial charge in [0.2, 0.25) is 0 Å². The van der Waals surface area contributed by atoms with Crippen molar-refractivity contribution in [2.24, 2.45) is 12.9 Å². The Morgan fingerprint density at radius 2 is 1.95 bits per heavy atom. The third-order valence-corrected chi connectivity index (χ3v) is 3.75. The predicted octanol–water partition coefficient (Wildman–Crippen LogP) is 2.17. The van der Waals surface area contributed by atoms with Gasteiger partial charge in [-0.25, -0.2) is 0 Å². The highest BCUT2D eigenvalue weighted by atomic mass is 15.3. The minimum atomic E-state index is 0.181. The molecular weight excluding hydrogens is 236 g/mol. The maximum Gasteiger partial charge on any atom is 0.0628 e. The molecular formula is C15H22N4. The highest BCUT2D eigenvalue weighted by molar-refractivity contribution is 5.25. The number of nitrogens with two attached hydrogens (primary N) is 1. The van der Waals surface area contributed by atoms with Crippen molar-refractivity contribution in [1.82, 2.24) is 15.2 Å². The van der Waals surface area contributed by atoms with Crippen LogP contribution in [0.4, 0.5) is 0 Å². The summed E-state index contributed by atoms with van der Waals surface area (Å²) in [6.45, 7) is 4.18. The lowest BCUT2D eigenvalue weighted by atomic mass is 9.99. The summed E-state index contributed by atoms with van der Waals surface area (Å²) < 4.78 is 1.94. The van der Waals surface area contributed by atoms with Crippen molar-refractivity contribution in [2.75, 3.05) is 0 Å². The predicted molar refractivity (Wildman–Crippen MR) is 77.5 cm³/mol. The van der Waals surface area contributed by atoms with Crippen LogP contribution in [0, 0.1) is 13.8 Å². The van der Waals surface area contributed by atoms with E-state index in [1.807, 2.05) is 29.9 Å². The standard InChI is InChI=1S/C15H22N4/c1-11-14(12(2)19(3)18-11)9-10-15(17-16)13-7-5-4-6-8-13/h4-8,15,17H,9-10,16H2,1-3H3. The summed E-state index contributed by atoms with van der Waals surface area (Å²) in [5.41, 5.74) is 7.82. The van der Waals surface area contributed by atoms with Crippen molar-refractivity contribution in [3.05, 3.63) is 52.8 Å². The van der Waals surface area contributed by atoms with Crippen LogP contribution in [0.3, 0.4) is 0 Å². The van der Waals surface area contributed by atoms with E-state index in [1.165, 1.54) is 16.8 Å². The molecule has 0 aliphatic heterocycles. The van der Waals surface area contributed by atoms with Crippen LogP contribution in [0.1, 0.15) is 35.0 Å². The summed E-state index contributed by atoms with van der Waals surface area (Å²) in [4.78, 5) is 0. The molecule has 0 amide bonds. The van der Waals surface area contributed by atoms with Gasteiger partial charge in [0, 0.05) is 18.8 Å². The van der Waals surface area contributed by atoms with Crippen molar-refractivity contribution in [3.63, 3.8) is 0 Å². The van der Waals surface area contributed by atoms with Gasteiger partial charge in [-0.1, -0.05) is 30.3 Å². The molecule has 0 aliphatic carbocycles. The van der Waals surface area contributed by atoms with Gasteiger partial charge in [0.05, 0.1) is 5.69 Å². The fourth-order valence-corrected chi connectivity index (χ4v) is 2.50. The summed E-state index contributed by atoms with van der Waals surface area (Å²) >= 11 is 0. The van der Waals surface area contributed by atoms with Gasteiger partial charge in [-0.15, -0.1) is 0 Å². The SMILES string of the molecule is Cc1nn(C)c(C)c1CCC(NN)c1ccccc1. The molecule has 0 radical (unpaired) electrons. The number of nitrogens with one attached hydrogen (secondary N) is 1. The Hall–Kier alpha value is -1.65. The molecule has 4 nitrogen and oxygen atoms in total. The van der Waals surface area contributed by atoms with E-state index in [0.717, 1.165) is 18.5 Å². The van der Waals surface area contributed by atoms with E-state index in [-0.39, 0.29) is 6.04 Å². The highest BCUT2D eigenvalue weighted by Crippen LogP contribution is 2.21. The van der Waals surface area contributed by atoms with E-state index >= 15 is 0 Å². The summed E-state index contributed by atoms with van der Waals surface area (Å²) in [5.74, 6) is 5.68. The number of aryl methyl sites for hydroxylation is 2. The quantitative estimate of drug-likeness (QED) is 0.638. The Labute approximate surface area is 114 Å². The molecule has 1 unspecified atom stereocenters. The minimum absolute atomic E-state index is 0.181. The van der Waals surface area contributed by atoms with Gasteiger partial charge in [0.25, 0.3) is 0 Å². The first-order valence-electron chi connectivity index (χ1n) is 6.63. The van der Waals surface area contributed by atoms with Crippen molar-refractivity contribution in [2.45, 2.75) is 32.7 Å². The Morgan fingerprint density at radius 1 is 1.26 bits per heavy atom. The number of hydrogen-bond acceptors (Lipinski definition) is 3. The molecule has 1 atom stereocenters. The van der Waals surface area contributed by atoms with Crippen LogP contribution in [0.15, 0.2) is 30.3 Å². The fraction of sp³-hybridized carbons (Fsp3) is 0.400. The zero-order valence-electron chi connectivity index (χ0n) is 11.9. The average molecular weight is 258 g/mol. The summed E-state index contributed by atoms with van der Waals surface area (Å²) in [5, 5.41) is 4.45. The van der Waals surface area contributed by atoms with Gasteiger partial charge in [-0.3, -0.25) is 16.0 Å². The van der Waals surface area contributed by atoms with E-state index < -0.39 is 0 Å². The van der Waals surface area contributed by atoms with E-state index in [9.17, 15) is 0 Å². The second-order valence-corrected chi connectivity index (χ2v) is 4.94. The van der Waals surface area contributed by atoms with Crippen LogP contribution in [-0.2, 0) is 13.5 Å². The summed E-state index contributed by atoms with van der Waals surface area (Å²) in [7, 11) is 1.99. The molecule has 19 heavy (non-hydrogen) atoms. The summed E-state index contributed by atoms with van der Waals surface area (Å²) in [6, 6.07) is 10.5. The maximum absolute atomic E-state index is 5.68. The van der Waals surface area contributed by atoms with E-state index in [0.29, 0.717) is 0 Å². The molecule has 0 saturated heterocycles. The molecule has 1 aromatic heterocycles. The van der Waals surface area contributed by atoms with Crippen LogP contribution in [0.5, 0.6) is 0 Å². The van der Waals surface area contributed by atoms with Crippen molar-refractivity contribution >= 4 is 0 Å². The van der Waals surface area contributed by atoms with Crippen LogP contribution >= 0.6 is 0 Å². The van der Waals surface area contributed by atoms with Crippen molar-refractivity contribution in [3.8, 4) is 0 Å². The van der Waals surface area contributed by atoms with E-state index in [4.69, 9.17) is 5.84 Å². The van der Waals surface area contributed by atoms with Gasteiger partial charge in [-0.2, -0.15) is 5.10 Å². The summed E-state index contributed by atoms with van der Waals surface area (Å²) in [6.07, 6.45) is 1.95. The van der Waals surface area contributed by atoms with Crippen LogP contribution < -0.4 is 11.3 Å². The molecule has 4 heteroatoms. The lowest BCUT2D eigenvalue weighted by Gasteiger charge is -2.16. The Bertz CT molecular complexity index is 531. The van der Waals surface area contributed by atoms with Crippen LogP contribution in [0.25, 0.3) is 0 Å². The third-order valence-electron chi connectivity index (χ3n) is 3.75. The number of hydrogen-bond donors (Lipinski definition) is 2. The van der Waals surface area contributed by atoms with Crippen molar-refractivity contribution in [1.29, 1.82) is 0 Å². The first-order chi connectivity index (χ1) is 9.13. The first kappa shape index (κ1) is 13.8. The van der Waals surface area contributed by atoms with Crippen molar-refractivity contribution < 1.29 is 0 Å². The minimum Gasteiger partial charge on any atom is -0.272 e. The second-order valence-electron chi connectivity index (χ2n) is 4.94. The number of aromatic nitrogens is 2. The monoisotopic (exact) mass is 258 g/mol. The maximum atomic E-state index is 5.68. The lowest BCUT2D eigenvalue weighted by molar-refractivity contribution is 0.515. The first-order valence-corrected chi connectivity index (χ1v) is 6.63. The van der Waals surface area contributed by atoms with Gasteiger partial charge >= 0.3 is 0 Å². The highest BCUT2D eigenvalue weighted by Gasteiger charge is 2.13. The Morgan fingerprint density at radius 3 is 2.47 bits per heavy atom. The van der Waals surface area contributed by atoms with E-state index in [2.05, 4.69) is 36.5 Å². The zero-order chi connectivity index (χ0) is 13.8. The number of benzene rings is 1. The molecule has 0 saturated carbocycles. The van der Waals surface area contributed by atoms with Gasteiger partial charge < -0.3 is 0 Å². The third kappa shape index (κ3) is 3.03. The molecule has 2 aromatic rings. The number of nitrogens with zero attached hydrogens (tertiary/aromatic N) is 2. The Kier molecular flexibility index (Phi) is 4.35. The van der Waals surface area contributed by atoms with Crippen LogP contribution in [-0.4, -0.2) is 9.78 Å². The molecule has 0 aliphatic rings. The molecule has 102 valence electrons. The van der Waals surface area contributed by atoms with Gasteiger partial charge in [0.1, 0.15) is 0 Å². The smallest absolute Gasteiger partial charge is 0.0628 e. The topological polar surface area (TPSA) is 55.9 Å². The second kappa shape index (κ2) is 5.99. The molecule has 2 rings (SSSR count). The van der Waals surface area contributed by atoms with Crippen LogP contribution in [0.2, 0.25) is 0 Å². The average Bonchev–Trinajstić information content (AvgIpc) is 2.66. The van der Waals surface area contributed by atoms with Gasteiger partial charge in [-0.05, 0) is 37.8 Å². The molecule has 1 heterocycles. The zero-order valence-corrected chi connectivity index (χ0v) is 11.9. The molecule has 3 N–H and O–H groups in total. The number of hydrazine groups is 1. The molecule has 0 spiro atoms. The van der Waals surface area contributed by atoms with E-state index in [1.54, 1.807) is 0 Å². The Balaban J connectivity index is 2.08. The normalized spacial score (nSPS) is 12.6. The molecule has 1 aromatic carbocycles. The largest absolute Gasteiger partial charge is 0.272 e. The molecule has 0 fully saturated rings. The molecule has 0 bridgehead atoms.